The lowest BCUT2D eigenvalue weighted by atomic mass is 10.3. The van der Waals surface area contributed by atoms with E-state index < -0.39 is 0 Å². The van der Waals surface area contributed by atoms with Crippen molar-refractivity contribution in [3.8, 4) is 5.69 Å². The molecule has 0 saturated heterocycles. The fraction of sp³-hybridized carbons (Fsp3) is 0.250. The Morgan fingerprint density at radius 3 is 2.62 bits per heavy atom. The molecule has 1 fully saturated rings. The summed E-state index contributed by atoms with van der Waals surface area (Å²) in [5, 5.41) is 0. The second kappa shape index (κ2) is 3.27. The van der Waals surface area contributed by atoms with Crippen molar-refractivity contribution >= 4 is 5.69 Å². The van der Waals surface area contributed by atoms with E-state index in [2.05, 4.69) is 0 Å². The van der Waals surface area contributed by atoms with E-state index in [1.165, 1.54) is 0 Å². The summed E-state index contributed by atoms with van der Waals surface area (Å²) < 4.78 is 3.39. The average Bonchev–Trinajstić information content (AvgIpc) is 3.05. The number of para-hydroxylation sites is 2. The average molecular weight is 215 g/mol. The van der Waals surface area contributed by atoms with Gasteiger partial charge in [-0.05, 0) is 25.0 Å². The summed E-state index contributed by atoms with van der Waals surface area (Å²) in [6, 6.07) is 7.80. The molecule has 0 spiro atoms. The second-order valence-corrected chi connectivity index (χ2v) is 4.15. The molecule has 4 nitrogen and oxygen atoms in total. The Kier molecular flexibility index (Phi) is 1.89. The standard InChI is InChI=1S/C12H13N3O/c13-10-3-1-2-4-11(10)15-8-7-14(12(15)16)9-5-6-9/h1-4,7-9H,5-6,13H2. The van der Waals surface area contributed by atoms with Crippen molar-refractivity contribution in [2.45, 2.75) is 18.9 Å². The van der Waals surface area contributed by atoms with Crippen molar-refractivity contribution in [3.63, 3.8) is 0 Å². The number of rotatable bonds is 2. The van der Waals surface area contributed by atoms with Gasteiger partial charge in [-0.3, -0.25) is 9.13 Å². The van der Waals surface area contributed by atoms with Gasteiger partial charge in [0.15, 0.2) is 0 Å². The Bertz CT molecular complexity index is 578. The molecule has 0 unspecified atom stereocenters. The summed E-state index contributed by atoms with van der Waals surface area (Å²) in [6.07, 6.45) is 5.83. The van der Waals surface area contributed by atoms with Gasteiger partial charge in [0.1, 0.15) is 0 Å². The van der Waals surface area contributed by atoms with Gasteiger partial charge >= 0.3 is 5.69 Å². The first-order valence-electron chi connectivity index (χ1n) is 5.42. The predicted molar refractivity (Wildman–Crippen MR) is 62.7 cm³/mol. The first-order chi connectivity index (χ1) is 7.77. The van der Waals surface area contributed by atoms with Crippen molar-refractivity contribution < 1.29 is 0 Å². The van der Waals surface area contributed by atoms with E-state index in [1.54, 1.807) is 21.4 Å². The molecular formula is C12H13N3O. The van der Waals surface area contributed by atoms with Gasteiger partial charge < -0.3 is 5.73 Å². The summed E-state index contributed by atoms with van der Waals surface area (Å²) in [5.41, 5.74) is 7.23. The second-order valence-electron chi connectivity index (χ2n) is 4.15. The largest absolute Gasteiger partial charge is 0.397 e. The van der Waals surface area contributed by atoms with Crippen LogP contribution < -0.4 is 11.4 Å². The Labute approximate surface area is 92.9 Å². The minimum absolute atomic E-state index is 0.000370. The highest BCUT2D eigenvalue weighted by molar-refractivity contribution is 5.57. The van der Waals surface area contributed by atoms with Gasteiger partial charge in [-0.1, -0.05) is 12.1 Å². The minimum atomic E-state index is 0.000370. The lowest BCUT2D eigenvalue weighted by Gasteiger charge is -2.04. The van der Waals surface area contributed by atoms with Crippen molar-refractivity contribution in [1.29, 1.82) is 0 Å². The lowest BCUT2D eigenvalue weighted by molar-refractivity contribution is 0.695. The van der Waals surface area contributed by atoms with Crippen LogP contribution in [-0.2, 0) is 0 Å². The van der Waals surface area contributed by atoms with Crippen LogP contribution in [0.25, 0.3) is 5.69 Å². The molecule has 4 heteroatoms. The van der Waals surface area contributed by atoms with E-state index in [0.717, 1.165) is 18.5 Å². The lowest BCUT2D eigenvalue weighted by Crippen LogP contribution is -2.22. The highest BCUT2D eigenvalue weighted by Crippen LogP contribution is 2.33. The van der Waals surface area contributed by atoms with Gasteiger partial charge in [-0.25, -0.2) is 4.79 Å². The summed E-state index contributed by atoms with van der Waals surface area (Å²) in [7, 11) is 0. The molecule has 0 aliphatic heterocycles. The molecule has 1 aliphatic rings. The molecule has 0 radical (unpaired) electrons. The van der Waals surface area contributed by atoms with Crippen LogP contribution in [0.15, 0.2) is 41.5 Å². The molecule has 1 saturated carbocycles. The number of nitrogens with two attached hydrogens (primary N) is 1. The molecule has 0 bridgehead atoms. The Balaban J connectivity index is 2.13. The molecule has 1 aromatic heterocycles. The molecule has 2 N–H and O–H groups in total. The number of hydrogen-bond donors (Lipinski definition) is 1. The van der Waals surface area contributed by atoms with Crippen LogP contribution in [0.4, 0.5) is 5.69 Å². The van der Waals surface area contributed by atoms with Gasteiger partial charge in [0.05, 0.1) is 11.4 Å². The molecule has 0 atom stereocenters. The summed E-state index contributed by atoms with van der Waals surface area (Å²) in [6.45, 7) is 0. The molecule has 82 valence electrons. The number of anilines is 1. The molecule has 2 aromatic rings. The monoisotopic (exact) mass is 215 g/mol. The number of nitrogens with zero attached hydrogens (tertiary/aromatic N) is 2. The van der Waals surface area contributed by atoms with E-state index in [-0.39, 0.29) is 5.69 Å². The van der Waals surface area contributed by atoms with Crippen LogP contribution in [0.3, 0.4) is 0 Å². The van der Waals surface area contributed by atoms with E-state index >= 15 is 0 Å². The molecule has 1 aromatic carbocycles. The normalized spacial score (nSPS) is 15.2. The maximum Gasteiger partial charge on any atom is 0.333 e. The zero-order valence-electron chi connectivity index (χ0n) is 8.84. The topological polar surface area (TPSA) is 52.9 Å². The number of nitrogen functional groups attached to an aromatic ring is 1. The molecule has 3 rings (SSSR count). The van der Waals surface area contributed by atoms with Crippen LogP contribution >= 0.6 is 0 Å². The third-order valence-corrected chi connectivity index (χ3v) is 2.94. The molecule has 0 amide bonds. The minimum Gasteiger partial charge on any atom is -0.397 e. The SMILES string of the molecule is Nc1ccccc1-n1ccn(C2CC2)c1=O. The first-order valence-corrected chi connectivity index (χ1v) is 5.42. The Morgan fingerprint density at radius 1 is 1.19 bits per heavy atom. The molecular weight excluding hydrogens is 202 g/mol. The van der Waals surface area contributed by atoms with E-state index in [9.17, 15) is 4.79 Å². The maximum absolute atomic E-state index is 12.1. The van der Waals surface area contributed by atoms with Crippen LogP contribution in [0, 0.1) is 0 Å². The number of hydrogen-bond acceptors (Lipinski definition) is 2. The molecule has 16 heavy (non-hydrogen) atoms. The Morgan fingerprint density at radius 2 is 1.94 bits per heavy atom. The van der Waals surface area contributed by atoms with Gasteiger partial charge in [0.25, 0.3) is 0 Å². The summed E-state index contributed by atoms with van der Waals surface area (Å²) in [4.78, 5) is 12.1. The third kappa shape index (κ3) is 1.34. The van der Waals surface area contributed by atoms with Gasteiger partial charge in [-0.2, -0.15) is 0 Å². The van der Waals surface area contributed by atoms with Crippen LogP contribution in [0.1, 0.15) is 18.9 Å². The number of aromatic nitrogens is 2. The fourth-order valence-corrected chi connectivity index (χ4v) is 1.91. The summed E-state index contributed by atoms with van der Waals surface area (Å²) in [5.74, 6) is 0. The van der Waals surface area contributed by atoms with E-state index in [1.807, 2.05) is 24.4 Å². The summed E-state index contributed by atoms with van der Waals surface area (Å²) >= 11 is 0. The zero-order chi connectivity index (χ0) is 11.1. The highest BCUT2D eigenvalue weighted by atomic mass is 16.1. The quantitative estimate of drug-likeness (QED) is 0.773. The number of imidazole rings is 1. The zero-order valence-corrected chi connectivity index (χ0v) is 8.84. The fourth-order valence-electron chi connectivity index (χ4n) is 1.91. The van der Waals surface area contributed by atoms with Gasteiger partial charge in [0.2, 0.25) is 0 Å². The number of benzene rings is 1. The van der Waals surface area contributed by atoms with Crippen molar-refractivity contribution in [2.24, 2.45) is 0 Å². The van der Waals surface area contributed by atoms with Crippen molar-refractivity contribution in [3.05, 3.63) is 47.1 Å². The van der Waals surface area contributed by atoms with E-state index in [0.29, 0.717) is 11.7 Å². The van der Waals surface area contributed by atoms with E-state index in [4.69, 9.17) is 5.73 Å². The smallest absolute Gasteiger partial charge is 0.333 e. The van der Waals surface area contributed by atoms with Gasteiger partial charge in [-0.15, -0.1) is 0 Å². The Hall–Kier alpha value is -1.97. The highest BCUT2D eigenvalue weighted by Gasteiger charge is 2.25. The molecule has 1 aliphatic carbocycles. The molecule has 1 heterocycles. The van der Waals surface area contributed by atoms with Crippen LogP contribution in [0.2, 0.25) is 0 Å². The van der Waals surface area contributed by atoms with Crippen molar-refractivity contribution in [1.82, 2.24) is 9.13 Å². The first kappa shape index (κ1) is 9.27. The maximum atomic E-state index is 12.1. The van der Waals surface area contributed by atoms with Gasteiger partial charge in [0, 0.05) is 18.4 Å². The third-order valence-electron chi connectivity index (χ3n) is 2.94. The van der Waals surface area contributed by atoms with Crippen molar-refractivity contribution in [2.75, 3.05) is 5.73 Å². The van der Waals surface area contributed by atoms with Crippen LogP contribution in [0.5, 0.6) is 0 Å². The predicted octanol–water partition coefficient (Wildman–Crippen LogP) is 1.56. The van der Waals surface area contributed by atoms with Crippen LogP contribution in [-0.4, -0.2) is 9.13 Å².